The van der Waals surface area contributed by atoms with Crippen LogP contribution in [0.5, 0.6) is 0 Å². The average molecular weight is 470 g/mol. The molecule has 1 aromatic carbocycles. The number of carbonyl (C=O) groups is 2. The van der Waals surface area contributed by atoms with E-state index in [1.807, 2.05) is 11.0 Å². The Balaban J connectivity index is 1.22. The van der Waals surface area contributed by atoms with Gasteiger partial charge >= 0.3 is 12.1 Å². The number of guanidine groups is 1. The fourth-order valence-electron chi connectivity index (χ4n) is 3.81. The van der Waals surface area contributed by atoms with E-state index in [0.717, 1.165) is 0 Å². The Morgan fingerprint density at radius 3 is 2.44 bits per heavy atom. The van der Waals surface area contributed by atoms with E-state index in [1.54, 1.807) is 23.1 Å². The third kappa shape index (κ3) is 4.14. The van der Waals surface area contributed by atoms with Gasteiger partial charge in [0.15, 0.2) is 0 Å². The van der Waals surface area contributed by atoms with Gasteiger partial charge in [0.05, 0.1) is 5.71 Å². The Hall–Kier alpha value is -4.09. The van der Waals surface area contributed by atoms with Crippen LogP contribution in [0.3, 0.4) is 0 Å². The van der Waals surface area contributed by atoms with Crippen LogP contribution in [-0.2, 0) is 11.0 Å². The van der Waals surface area contributed by atoms with E-state index in [9.17, 15) is 22.8 Å². The van der Waals surface area contributed by atoms with Gasteiger partial charge in [-0.3, -0.25) is 9.59 Å². The molecular weight excluding hydrogens is 453 g/mol. The standard InChI is InChI=1S/C22H17F3N6O3/c23-22(24,25)20-27-17(29-34-20)13-5-7-14(8-6-13)19(33)30-9-11-31(12-10-30)21-26-16-4-2-1-3-15(16)18(32)28-21/h1-8,15H,9-12H2. The molecule has 1 unspecified atom stereocenters. The van der Waals surface area contributed by atoms with Crippen LogP contribution in [0.25, 0.3) is 11.4 Å². The van der Waals surface area contributed by atoms with Crippen molar-refractivity contribution in [3.8, 4) is 11.4 Å². The second kappa shape index (κ2) is 8.36. The van der Waals surface area contributed by atoms with Crippen LogP contribution in [0, 0.1) is 5.92 Å². The van der Waals surface area contributed by atoms with Crippen molar-refractivity contribution in [3.05, 3.63) is 60.0 Å². The summed E-state index contributed by atoms with van der Waals surface area (Å²) < 4.78 is 42.2. The molecule has 2 aromatic rings. The number of aromatic nitrogens is 2. The number of rotatable bonds is 2. The highest BCUT2D eigenvalue weighted by Gasteiger charge is 2.38. The molecule has 1 aliphatic carbocycles. The first-order valence-electron chi connectivity index (χ1n) is 10.4. The number of hydrogen-bond acceptors (Lipinski definition) is 7. The molecule has 1 aromatic heterocycles. The van der Waals surface area contributed by atoms with Crippen LogP contribution in [-0.4, -0.2) is 69.6 Å². The van der Waals surface area contributed by atoms with Crippen molar-refractivity contribution in [1.29, 1.82) is 0 Å². The average Bonchev–Trinajstić information content (AvgIpc) is 3.35. The van der Waals surface area contributed by atoms with Gasteiger partial charge in [-0.05, 0) is 18.2 Å². The van der Waals surface area contributed by atoms with Crippen molar-refractivity contribution in [2.75, 3.05) is 26.2 Å². The van der Waals surface area contributed by atoms with Gasteiger partial charge in [0.1, 0.15) is 5.92 Å². The first-order chi connectivity index (χ1) is 16.3. The van der Waals surface area contributed by atoms with Gasteiger partial charge in [0, 0.05) is 37.3 Å². The minimum absolute atomic E-state index is 0.213. The number of amides is 2. The topological polar surface area (TPSA) is 104 Å². The van der Waals surface area contributed by atoms with Crippen molar-refractivity contribution in [2.24, 2.45) is 15.9 Å². The first kappa shape index (κ1) is 21.7. The second-order valence-corrected chi connectivity index (χ2v) is 7.79. The van der Waals surface area contributed by atoms with Crippen LogP contribution >= 0.6 is 0 Å². The van der Waals surface area contributed by atoms with E-state index in [0.29, 0.717) is 49.0 Å². The van der Waals surface area contributed by atoms with Crippen LogP contribution in [0.15, 0.2) is 63.1 Å². The van der Waals surface area contributed by atoms with E-state index in [1.165, 1.54) is 24.3 Å². The largest absolute Gasteiger partial charge is 0.471 e. The molecule has 3 heterocycles. The molecule has 9 nitrogen and oxygen atoms in total. The third-order valence-corrected chi connectivity index (χ3v) is 5.61. The highest BCUT2D eigenvalue weighted by molar-refractivity contribution is 6.21. The van der Waals surface area contributed by atoms with Crippen molar-refractivity contribution in [3.63, 3.8) is 0 Å². The molecule has 1 saturated heterocycles. The Kier molecular flexibility index (Phi) is 5.34. The molecule has 174 valence electrons. The molecule has 0 saturated carbocycles. The second-order valence-electron chi connectivity index (χ2n) is 7.79. The molecule has 0 N–H and O–H groups in total. The maximum absolute atomic E-state index is 12.9. The van der Waals surface area contributed by atoms with Crippen molar-refractivity contribution >= 4 is 23.5 Å². The highest BCUT2D eigenvalue weighted by atomic mass is 19.4. The normalized spacial score (nSPS) is 20.2. The lowest BCUT2D eigenvalue weighted by atomic mass is 9.97. The Bertz CT molecular complexity index is 1250. The fraction of sp³-hybridized carbons (Fsp3) is 0.273. The highest BCUT2D eigenvalue weighted by Crippen LogP contribution is 2.29. The van der Waals surface area contributed by atoms with Gasteiger partial charge in [-0.15, -0.1) is 0 Å². The number of hydrogen-bond donors (Lipinski definition) is 0. The van der Waals surface area contributed by atoms with Crippen molar-refractivity contribution < 1.29 is 27.3 Å². The first-order valence-corrected chi connectivity index (χ1v) is 10.4. The van der Waals surface area contributed by atoms with Gasteiger partial charge in [-0.2, -0.15) is 23.1 Å². The van der Waals surface area contributed by atoms with Crippen LogP contribution in [0.1, 0.15) is 16.2 Å². The van der Waals surface area contributed by atoms with E-state index < -0.39 is 18.0 Å². The van der Waals surface area contributed by atoms with Crippen LogP contribution in [0.4, 0.5) is 13.2 Å². The molecule has 1 atom stereocenters. The Morgan fingerprint density at radius 1 is 1.03 bits per heavy atom. The maximum atomic E-state index is 12.9. The van der Waals surface area contributed by atoms with E-state index in [-0.39, 0.29) is 17.6 Å². The summed E-state index contributed by atoms with van der Waals surface area (Å²) in [5.74, 6) is -2.21. The minimum atomic E-state index is -4.72. The summed E-state index contributed by atoms with van der Waals surface area (Å²) in [4.78, 5) is 40.7. The number of allylic oxidation sites excluding steroid dienone is 3. The number of benzene rings is 1. The van der Waals surface area contributed by atoms with Gasteiger partial charge < -0.3 is 14.3 Å². The molecule has 5 rings (SSSR count). The van der Waals surface area contributed by atoms with Crippen LogP contribution < -0.4 is 0 Å². The Morgan fingerprint density at radius 2 is 1.76 bits per heavy atom. The predicted molar refractivity (Wildman–Crippen MR) is 114 cm³/mol. The van der Waals surface area contributed by atoms with Crippen LogP contribution in [0.2, 0.25) is 0 Å². The Labute approximate surface area is 191 Å². The molecule has 2 aliphatic heterocycles. The van der Waals surface area contributed by atoms with Gasteiger partial charge in [0.2, 0.25) is 11.8 Å². The zero-order chi connectivity index (χ0) is 23.9. The van der Waals surface area contributed by atoms with Gasteiger partial charge in [0.25, 0.3) is 11.8 Å². The molecule has 0 bridgehead atoms. The summed E-state index contributed by atoms with van der Waals surface area (Å²) in [5, 5.41) is 3.34. The summed E-state index contributed by atoms with van der Waals surface area (Å²) in [5.41, 5.74) is 1.33. The van der Waals surface area contributed by atoms with Crippen molar-refractivity contribution in [2.45, 2.75) is 6.18 Å². The fourth-order valence-corrected chi connectivity index (χ4v) is 3.81. The third-order valence-electron chi connectivity index (χ3n) is 5.61. The zero-order valence-corrected chi connectivity index (χ0v) is 17.6. The molecule has 2 amide bonds. The molecule has 12 heteroatoms. The number of fused-ring (bicyclic) bond motifs is 1. The summed E-state index contributed by atoms with van der Waals surface area (Å²) >= 11 is 0. The molecule has 34 heavy (non-hydrogen) atoms. The number of piperazine rings is 1. The summed E-state index contributed by atoms with van der Waals surface area (Å²) in [6, 6.07) is 5.95. The van der Waals surface area contributed by atoms with Crippen molar-refractivity contribution in [1.82, 2.24) is 19.9 Å². The lowest BCUT2D eigenvalue weighted by Gasteiger charge is -2.36. The van der Waals surface area contributed by atoms with E-state index >= 15 is 0 Å². The number of carbonyl (C=O) groups excluding carboxylic acids is 2. The predicted octanol–water partition coefficient (Wildman–Crippen LogP) is 2.59. The number of halogens is 3. The SMILES string of the molecule is O=C1N=C(N2CCN(C(=O)c3ccc(-c4noc(C(F)(F)F)n4)cc3)CC2)N=C2C=CC=CC12. The maximum Gasteiger partial charge on any atom is 0.471 e. The monoisotopic (exact) mass is 470 g/mol. The summed E-state index contributed by atoms with van der Waals surface area (Å²) in [7, 11) is 0. The summed E-state index contributed by atoms with van der Waals surface area (Å²) in [6.45, 7) is 1.72. The lowest BCUT2D eigenvalue weighted by molar-refractivity contribution is -0.159. The minimum Gasteiger partial charge on any atom is -0.337 e. The number of alkyl halides is 3. The molecule has 1 fully saturated rings. The number of nitrogens with zero attached hydrogens (tertiary/aromatic N) is 6. The molecule has 0 spiro atoms. The molecule has 0 radical (unpaired) electrons. The van der Waals surface area contributed by atoms with Gasteiger partial charge in [-0.25, -0.2) is 4.99 Å². The molecule has 3 aliphatic rings. The summed E-state index contributed by atoms with van der Waals surface area (Å²) in [6.07, 6.45) is 2.44. The van der Waals surface area contributed by atoms with E-state index in [4.69, 9.17) is 0 Å². The lowest BCUT2D eigenvalue weighted by Crippen LogP contribution is -2.51. The zero-order valence-electron chi connectivity index (χ0n) is 17.6. The smallest absolute Gasteiger partial charge is 0.337 e. The molecular formula is C22H17F3N6O3. The van der Waals surface area contributed by atoms with Gasteiger partial charge in [-0.1, -0.05) is 35.5 Å². The number of aliphatic imine (C=N–C) groups is 2. The van der Waals surface area contributed by atoms with E-state index in [2.05, 4.69) is 24.6 Å². The quantitative estimate of drug-likeness (QED) is 0.668.